The van der Waals surface area contributed by atoms with Crippen LogP contribution in [0, 0.1) is 17.2 Å². The molecule has 8 nitrogen and oxygen atoms in total. The van der Waals surface area contributed by atoms with Crippen molar-refractivity contribution in [3.05, 3.63) is 76.4 Å². The van der Waals surface area contributed by atoms with E-state index >= 15 is 0 Å². The van der Waals surface area contributed by atoms with Crippen LogP contribution in [-0.2, 0) is 42.9 Å². The van der Waals surface area contributed by atoms with Crippen LogP contribution in [0.3, 0.4) is 0 Å². The first-order valence-corrected chi connectivity index (χ1v) is 14.2. The van der Waals surface area contributed by atoms with Crippen LogP contribution in [0.15, 0.2) is 42.7 Å². The van der Waals surface area contributed by atoms with Gasteiger partial charge in [0, 0.05) is 55.7 Å². The number of nitrogens with zero attached hydrogens (tertiary/aromatic N) is 6. The lowest BCUT2D eigenvalue weighted by Crippen LogP contribution is -2.44. The fraction of sp³-hybridized carbons (Fsp3) is 0.484. The van der Waals surface area contributed by atoms with E-state index in [0.29, 0.717) is 50.1 Å². The minimum absolute atomic E-state index is 0.00681. The van der Waals surface area contributed by atoms with Crippen LogP contribution in [0.4, 0.5) is 18.9 Å². The number of fused-ring (bicyclic) bond motifs is 1. The standard InChI is InChI=1S/C31H33F3N6O2/c1-19-14-39(15-20(2)42-19)16-21-7-25-26(27(8-21)31(32,33)34)17-40(29(25)41)24-6-4-5-23(9-24)30(10-22(11-30)13-35)12-28-37-36-18-38(28)3/h4-9,18-20,22H,10-12,14-17H2,1-3H3/t19-,20+,22?,30?. The Hall–Kier alpha value is -3.75. The highest BCUT2D eigenvalue weighted by atomic mass is 19.4. The monoisotopic (exact) mass is 578 g/mol. The molecule has 0 N–H and O–H groups in total. The van der Waals surface area contributed by atoms with Gasteiger partial charge >= 0.3 is 6.18 Å². The molecule has 0 radical (unpaired) electrons. The number of nitriles is 1. The number of anilines is 1. The zero-order valence-electron chi connectivity index (χ0n) is 23.9. The quantitative estimate of drug-likeness (QED) is 0.409. The minimum Gasteiger partial charge on any atom is -0.373 e. The number of hydrogen-bond acceptors (Lipinski definition) is 6. The Morgan fingerprint density at radius 2 is 1.88 bits per heavy atom. The first-order valence-electron chi connectivity index (χ1n) is 14.2. The molecule has 0 spiro atoms. The third-order valence-corrected chi connectivity index (χ3v) is 8.84. The molecule has 1 aliphatic carbocycles. The van der Waals surface area contributed by atoms with Gasteiger partial charge < -0.3 is 14.2 Å². The van der Waals surface area contributed by atoms with Gasteiger partial charge in [0.2, 0.25) is 0 Å². The molecule has 0 bridgehead atoms. The van der Waals surface area contributed by atoms with Gasteiger partial charge in [0.1, 0.15) is 12.2 Å². The van der Waals surface area contributed by atoms with E-state index in [1.165, 1.54) is 11.0 Å². The zero-order valence-corrected chi connectivity index (χ0v) is 23.9. The second-order valence-electron chi connectivity index (χ2n) is 12.1. The number of rotatable bonds is 6. The van der Waals surface area contributed by atoms with Crippen molar-refractivity contribution in [1.82, 2.24) is 19.7 Å². The summed E-state index contributed by atoms with van der Waals surface area (Å²) in [5.74, 6) is 0.252. The Balaban J connectivity index is 1.31. The molecule has 2 aromatic carbocycles. The number of aryl methyl sites for hydroxylation is 1. The Kier molecular flexibility index (Phi) is 7.10. The smallest absolute Gasteiger partial charge is 0.373 e. The lowest BCUT2D eigenvalue weighted by Gasteiger charge is -2.45. The van der Waals surface area contributed by atoms with Gasteiger partial charge in [-0.15, -0.1) is 10.2 Å². The number of amides is 1. The molecule has 3 aromatic rings. The van der Waals surface area contributed by atoms with E-state index < -0.39 is 17.6 Å². The highest BCUT2D eigenvalue weighted by Gasteiger charge is 2.47. The number of alkyl halides is 3. The molecule has 3 aliphatic rings. The van der Waals surface area contributed by atoms with Crippen LogP contribution in [-0.4, -0.2) is 50.9 Å². The van der Waals surface area contributed by atoms with Gasteiger partial charge in [-0.1, -0.05) is 12.1 Å². The molecule has 6 rings (SSSR count). The number of carbonyl (C=O) groups is 1. The summed E-state index contributed by atoms with van der Waals surface area (Å²) in [5, 5.41) is 17.7. The summed E-state index contributed by atoms with van der Waals surface area (Å²) in [6.07, 6.45) is -1.17. The number of hydrogen-bond donors (Lipinski definition) is 0. The number of aromatic nitrogens is 3. The predicted molar refractivity (Wildman–Crippen MR) is 148 cm³/mol. The fourth-order valence-corrected chi connectivity index (χ4v) is 6.92. The molecule has 2 fully saturated rings. The maximum atomic E-state index is 14.3. The van der Waals surface area contributed by atoms with Gasteiger partial charge in [-0.3, -0.25) is 9.69 Å². The molecule has 11 heteroatoms. The summed E-state index contributed by atoms with van der Waals surface area (Å²) in [6, 6.07) is 12.6. The van der Waals surface area contributed by atoms with E-state index in [9.17, 15) is 23.2 Å². The highest BCUT2D eigenvalue weighted by Crippen LogP contribution is 2.50. The van der Waals surface area contributed by atoms with Gasteiger partial charge in [0.15, 0.2) is 0 Å². The van der Waals surface area contributed by atoms with Crippen LogP contribution in [0.5, 0.6) is 0 Å². The summed E-state index contributed by atoms with van der Waals surface area (Å²) < 4.78 is 50.6. The summed E-state index contributed by atoms with van der Waals surface area (Å²) >= 11 is 0. The first-order chi connectivity index (χ1) is 20.0. The molecule has 1 aromatic heterocycles. The van der Waals surface area contributed by atoms with E-state index in [1.807, 2.05) is 43.7 Å². The predicted octanol–water partition coefficient (Wildman–Crippen LogP) is 5.02. The minimum atomic E-state index is -4.60. The maximum Gasteiger partial charge on any atom is 0.416 e. The number of halogens is 3. The Bertz CT molecular complexity index is 1540. The molecular formula is C31H33F3N6O2. The number of benzene rings is 2. The van der Waals surface area contributed by atoms with Gasteiger partial charge in [-0.05, 0) is 67.6 Å². The number of ether oxygens (including phenoxy) is 1. The summed E-state index contributed by atoms with van der Waals surface area (Å²) in [4.78, 5) is 17.2. The molecule has 2 atom stereocenters. The zero-order chi connectivity index (χ0) is 29.8. The van der Waals surface area contributed by atoms with Crippen molar-refractivity contribution >= 4 is 11.6 Å². The van der Waals surface area contributed by atoms with E-state index in [2.05, 4.69) is 21.2 Å². The number of carbonyl (C=O) groups excluding carboxylic acids is 1. The van der Waals surface area contributed by atoms with Crippen molar-refractivity contribution in [3.8, 4) is 6.07 Å². The van der Waals surface area contributed by atoms with E-state index in [4.69, 9.17) is 4.74 Å². The third kappa shape index (κ3) is 5.18. The van der Waals surface area contributed by atoms with Gasteiger partial charge in [-0.25, -0.2) is 0 Å². The molecule has 2 aliphatic heterocycles. The van der Waals surface area contributed by atoms with E-state index in [-0.39, 0.29) is 41.2 Å². The lowest BCUT2D eigenvalue weighted by molar-refractivity contribution is -0.138. The van der Waals surface area contributed by atoms with Crippen molar-refractivity contribution in [2.24, 2.45) is 13.0 Å². The van der Waals surface area contributed by atoms with Crippen LogP contribution in [0.1, 0.15) is 65.1 Å². The van der Waals surface area contributed by atoms with E-state index in [1.54, 1.807) is 18.5 Å². The Morgan fingerprint density at radius 1 is 1.14 bits per heavy atom. The first kappa shape index (κ1) is 28.4. The molecule has 1 amide bonds. The molecule has 1 saturated carbocycles. The van der Waals surface area contributed by atoms with Crippen LogP contribution < -0.4 is 4.90 Å². The topological polar surface area (TPSA) is 87.3 Å². The highest BCUT2D eigenvalue weighted by molar-refractivity contribution is 6.10. The van der Waals surface area contributed by atoms with Gasteiger partial charge in [0.25, 0.3) is 5.91 Å². The van der Waals surface area contributed by atoms with Crippen molar-refractivity contribution in [1.29, 1.82) is 5.26 Å². The van der Waals surface area contributed by atoms with Crippen molar-refractivity contribution in [3.63, 3.8) is 0 Å². The maximum absolute atomic E-state index is 14.3. The summed E-state index contributed by atoms with van der Waals surface area (Å²) in [6.45, 7) is 5.26. The molecule has 1 saturated heterocycles. The van der Waals surface area contributed by atoms with Crippen molar-refractivity contribution in [2.45, 2.75) is 70.0 Å². The molecule has 42 heavy (non-hydrogen) atoms. The van der Waals surface area contributed by atoms with Gasteiger partial charge in [-0.2, -0.15) is 18.4 Å². The Labute approximate surface area is 242 Å². The molecule has 0 unspecified atom stereocenters. The van der Waals surface area contributed by atoms with Crippen LogP contribution in [0.25, 0.3) is 0 Å². The normalized spacial score (nSPS) is 26.2. The molecule has 3 heterocycles. The van der Waals surface area contributed by atoms with Gasteiger partial charge in [0.05, 0.1) is 30.4 Å². The molecular weight excluding hydrogens is 545 g/mol. The third-order valence-electron chi connectivity index (χ3n) is 8.84. The fourth-order valence-electron chi connectivity index (χ4n) is 6.92. The largest absolute Gasteiger partial charge is 0.416 e. The average molecular weight is 579 g/mol. The lowest BCUT2D eigenvalue weighted by atomic mass is 9.57. The van der Waals surface area contributed by atoms with Crippen molar-refractivity contribution in [2.75, 3.05) is 18.0 Å². The van der Waals surface area contributed by atoms with Crippen LogP contribution >= 0.6 is 0 Å². The molecule has 220 valence electrons. The van der Waals surface area contributed by atoms with Crippen molar-refractivity contribution < 1.29 is 22.7 Å². The summed E-state index contributed by atoms with van der Waals surface area (Å²) in [7, 11) is 1.87. The SMILES string of the molecule is C[C@@H]1CN(Cc2cc3c(c(C(F)(F)F)c2)CN(c2cccc(C4(Cc5nncn5C)CC(C#N)C4)c2)C3=O)C[C@H](C)O1. The van der Waals surface area contributed by atoms with Crippen LogP contribution in [0.2, 0.25) is 0 Å². The number of morpholine rings is 1. The Morgan fingerprint density at radius 3 is 2.52 bits per heavy atom. The second kappa shape index (κ2) is 10.5. The summed E-state index contributed by atoms with van der Waals surface area (Å²) in [5.41, 5.74) is 0.914. The van der Waals surface area contributed by atoms with E-state index in [0.717, 1.165) is 11.4 Å². The average Bonchev–Trinajstić information content (AvgIpc) is 3.46. The second-order valence-corrected chi connectivity index (χ2v) is 12.1.